The highest BCUT2D eigenvalue weighted by Gasteiger charge is 2.26. The summed E-state index contributed by atoms with van der Waals surface area (Å²) in [6.45, 7) is 3.56. The van der Waals surface area contributed by atoms with Crippen LogP contribution < -0.4 is 5.32 Å². The summed E-state index contributed by atoms with van der Waals surface area (Å²) in [4.78, 5) is 29.7. The van der Waals surface area contributed by atoms with E-state index < -0.39 is 0 Å². The van der Waals surface area contributed by atoms with E-state index in [1.807, 2.05) is 41.1 Å². The molecule has 2 heterocycles. The third kappa shape index (κ3) is 4.90. The second kappa shape index (κ2) is 9.46. The molecule has 2 fully saturated rings. The molecule has 0 bridgehead atoms. The molecule has 0 spiro atoms. The number of carbonyl (C=O) groups excluding carboxylic acids is 2. The normalized spacial score (nSPS) is 19.6. The summed E-state index contributed by atoms with van der Waals surface area (Å²) >= 11 is 1.48. The summed E-state index contributed by atoms with van der Waals surface area (Å²) in [5, 5.41) is 3.30. The fourth-order valence-corrected chi connectivity index (χ4v) is 4.24. The molecule has 2 saturated heterocycles. The Labute approximate surface area is 159 Å². The second-order valence-electron chi connectivity index (χ2n) is 6.44. The standard InChI is InChI=1S/C18H25N3O2S.ClH/c1-20(14-8-9-19-12-14)18(23)15-6-2-3-7-16(15)24-13-17(22)21-10-4-5-11-21;/h2-3,6-7,14,19H,4-5,8-13H2,1H3;1H. The molecule has 1 aromatic carbocycles. The Kier molecular flexibility index (Phi) is 7.59. The topological polar surface area (TPSA) is 52.7 Å². The van der Waals surface area contributed by atoms with Crippen LogP contribution in [0.15, 0.2) is 29.2 Å². The minimum Gasteiger partial charge on any atom is -0.342 e. The van der Waals surface area contributed by atoms with Crippen molar-refractivity contribution in [3.63, 3.8) is 0 Å². The zero-order valence-electron chi connectivity index (χ0n) is 14.6. The molecule has 0 aromatic heterocycles. The molecule has 25 heavy (non-hydrogen) atoms. The van der Waals surface area contributed by atoms with E-state index in [1.54, 1.807) is 0 Å². The Morgan fingerprint density at radius 2 is 2.00 bits per heavy atom. The summed E-state index contributed by atoms with van der Waals surface area (Å²) in [5.41, 5.74) is 0.700. The number of halogens is 1. The summed E-state index contributed by atoms with van der Waals surface area (Å²) in [5.74, 6) is 0.618. The van der Waals surface area contributed by atoms with Crippen LogP contribution in [0.25, 0.3) is 0 Å². The summed E-state index contributed by atoms with van der Waals surface area (Å²) in [6, 6.07) is 7.87. The molecule has 0 aliphatic carbocycles. The van der Waals surface area contributed by atoms with Crippen LogP contribution in [-0.4, -0.2) is 66.6 Å². The van der Waals surface area contributed by atoms with Crippen molar-refractivity contribution in [3.8, 4) is 0 Å². The van der Waals surface area contributed by atoms with Crippen molar-refractivity contribution in [1.29, 1.82) is 0 Å². The fraction of sp³-hybridized carbons (Fsp3) is 0.556. The average molecular weight is 384 g/mol. The third-order valence-corrected chi connectivity index (χ3v) is 5.89. The maximum absolute atomic E-state index is 12.8. The second-order valence-corrected chi connectivity index (χ2v) is 7.45. The number of nitrogens with one attached hydrogen (secondary N) is 1. The lowest BCUT2D eigenvalue weighted by Gasteiger charge is -2.25. The number of benzene rings is 1. The van der Waals surface area contributed by atoms with Crippen LogP contribution in [0.5, 0.6) is 0 Å². The van der Waals surface area contributed by atoms with Gasteiger partial charge in [0.05, 0.1) is 11.3 Å². The first-order valence-corrected chi connectivity index (χ1v) is 9.63. The van der Waals surface area contributed by atoms with Gasteiger partial charge in [0.1, 0.15) is 0 Å². The Hall–Kier alpha value is -1.24. The van der Waals surface area contributed by atoms with Crippen LogP contribution >= 0.6 is 24.2 Å². The average Bonchev–Trinajstić information content (AvgIpc) is 3.32. The van der Waals surface area contributed by atoms with Crippen LogP contribution in [-0.2, 0) is 4.79 Å². The molecule has 1 aromatic rings. The molecule has 2 aliphatic rings. The fourth-order valence-electron chi connectivity index (χ4n) is 3.29. The number of rotatable bonds is 5. The predicted octanol–water partition coefficient (Wildman–Crippen LogP) is 2.26. The molecule has 1 unspecified atom stereocenters. The SMILES string of the molecule is CN(C(=O)c1ccccc1SCC(=O)N1CCCC1)C1CCNC1.Cl. The van der Waals surface area contributed by atoms with Crippen LogP contribution in [0.1, 0.15) is 29.6 Å². The lowest BCUT2D eigenvalue weighted by atomic mass is 10.1. The van der Waals surface area contributed by atoms with Gasteiger partial charge in [0, 0.05) is 37.6 Å². The monoisotopic (exact) mass is 383 g/mol. The quantitative estimate of drug-likeness (QED) is 0.792. The van der Waals surface area contributed by atoms with Crippen molar-refractivity contribution in [1.82, 2.24) is 15.1 Å². The van der Waals surface area contributed by atoms with Gasteiger partial charge in [0.2, 0.25) is 5.91 Å². The summed E-state index contributed by atoms with van der Waals surface area (Å²) in [7, 11) is 1.87. The van der Waals surface area contributed by atoms with E-state index in [0.29, 0.717) is 11.3 Å². The molecule has 2 amide bonds. The third-order valence-electron chi connectivity index (χ3n) is 4.83. The number of amides is 2. The molecule has 2 aliphatic heterocycles. The molecular formula is C18H26ClN3O2S. The Morgan fingerprint density at radius 3 is 2.68 bits per heavy atom. The van der Waals surface area contributed by atoms with Gasteiger partial charge >= 0.3 is 0 Å². The maximum atomic E-state index is 12.8. The van der Waals surface area contributed by atoms with Gasteiger partial charge in [0.25, 0.3) is 5.91 Å². The van der Waals surface area contributed by atoms with E-state index in [1.165, 1.54) is 11.8 Å². The first-order valence-electron chi connectivity index (χ1n) is 8.64. The van der Waals surface area contributed by atoms with E-state index in [2.05, 4.69) is 5.32 Å². The van der Waals surface area contributed by atoms with E-state index in [4.69, 9.17) is 0 Å². The smallest absolute Gasteiger partial charge is 0.255 e. The predicted molar refractivity (Wildman–Crippen MR) is 104 cm³/mol. The van der Waals surface area contributed by atoms with Crippen LogP contribution in [0.2, 0.25) is 0 Å². The highest BCUT2D eigenvalue weighted by atomic mass is 35.5. The highest BCUT2D eigenvalue weighted by molar-refractivity contribution is 8.00. The molecular weight excluding hydrogens is 358 g/mol. The van der Waals surface area contributed by atoms with Crippen LogP contribution in [0.3, 0.4) is 0 Å². The highest BCUT2D eigenvalue weighted by Crippen LogP contribution is 2.25. The molecule has 7 heteroatoms. The van der Waals surface area contributed by atoms with Gasteiger partial charge in [-0.05, 0) is 37.9 Å². The zero-order chi connectivity index (χ0) is 16.9. The number of carbonyl (C=O) groups is 2. The summed E-state index contributed by atoms with van der Waals surface area (Å²) in [6.07, 6.45) is 3.20. The Bertz CT molecular complexity index is 602. The van der Waals surface area contributed by atoms with Crippen molar-refractivity contribution in [2.75, 3.05) is 39.0 Å². The van der Waals surface area contributed by atoms with E-state index in [0.717, 1.165) is 50.3 Å². The van der Waals surface area contributed by atoms with Crippen molar-refractivity contribution < 1.29 is 9.59 Å². The number of thioether (sulfide) groups is 1. The van der Waals surface area contributed by atoms with Gasteiger partial charge in [-0.25, -0.2) is 0 Å². The maximum Gasteiger partial charge on any atom is 0.255 e. The molecule has 0 saturated carbocycles. The van der Waals surface area contributed by atoms with Crippen molar-refractivity contribution in [2.45, 2.75) is 30.2 Å². The Balaban J connectivity index is 0.00000225. The van der Waals surface area contributed by atoms with Gasteiger partial charge in [0.15, 0.2) is 0 Å². The van der Waals surface area contributed by atoms with Crippen LogP contribution in [0, 0.1) is 0 Å². The lowest BCUT2D eigenvalue weighted by Crippen LogP contribution is -2.38. The van der Waals surface area contributed by atoms with Gasteiger partial charge < -0.3 is 15.1 Å². The number of likely N-dealkylation sites (N-methyl/N-ethyl adjacent to an activating group) is 1. The minimum atomic E-state index is 0. The van der Waals surface area contributed by atoms with Gasteiger partial charge in [-0.15, -0.1) is 24.2 Å². The van der Waals surface area contributed by atoms with E-state index in [9.17, 15) is 9.59 Å². The van der Waals surface area contributed by atoms with E-state index >= 15 is 0 Å². The first kappa shape index (κ1) is 20.1. The molecule has 1 N–H and O–H groups in total. The molecule has 5 nitrogen and oxygen atoms in total. The zero-order valence-corrected chi connectivity index (χ0v) is 16.2. The largest absolute Gasteiger partial charge is 0.342 e. The molecule has 138 valence electrons. The lowest BCUT2D eigenvalue weighted by molar-refractivity contribution is -0.127. The van der Waals surface area contributed by atoms with Gasteiger partial charge in [-0.1, -0.05) is 12.1 Å². The number of hydrogen-bond donors (Lipinski definition) is 1. The van der Waals surface area contributed by atoms with E-state index in [-0.39, 0.29) is 30.3 Å². The Morgan fingerprint density at radius 1 is 1.28 bits per heavy atom. The summed E-state index contributed by atoms with van der Waals surface area (Å²) < 4.78 is 0. The number of likely N-dealkylation sites (tertiary alicyclic amines) is 1. The van der Waals surface area contributed by atoms with Crippen LogP contribution in [0.4, 0.5) is 0 Å². The number of hydrogen-bond acceptors (Lipinski definition) is 4. The molecule has 0 radical (unpaired) electrons. The molecule has 1 atom stereocenters. The molecule has 3 rings (SSSR count). The first-order chi connectivity index (χ1) is 11.7. The number of nitrogens with zero attached hydrogens (tertiary/aromatic N) is 2. The van der Waals surface area contributed by atoms with Gasteiger partial charge in [-0.3, -0.25) is 9.59 Å². The van der Waals surface area contributed by atoms with Gasteiger partial charge in [-0.2, -0.15) is 0 Å². The minimum absolute atomic E-state index is 0. The van der Waals surface area contributed by atoms with Crippen molar-refractivity contribution >= 4 is 36.0 Å². The van der Waals surface area contributed by atoms with Crippen molar-refractivity contribution in [3.05, 3.63) is 29.8 Å². The van der Waals surface area contributed by atoms with Crippen molar-refractivity contribution in [2.24, 2.45) is 0 Å².